The van der Waals surface area contributed by atoms with Gasteiger partial charge in [0.15, 0.2) is 0 Å². The van der Waals surface area contributed by atoms with Crippen LogP contribution < -0.4 is 5.56 Å². The fourth-order valence-corrected chi connectivity index (χ4v) is 4.19. The average molecular weight is 360 g/mol. The molecule has 0 saturated heterocycles. The van der Waals surface area contributed by atoms with E-state index in [1.165, 1.54) is 12.5 Å². The van der Waals surface area contributed by atoms with Crippen LogP contribution in [-0.4, -0.2) is 14.7 Å². The Morgan fingerprint density at radius 3 is 2.00 bits per heavy atom. The summed E-state index contributed by atoms with van der Waals surface area (Å²) in [4.78, 5) is 17.4. The van der Waals surface area contributed by atoms with E-state index < -0.39 is 0 Å². The Morgan fingerprint density at radius 2 is 1.44 bits per heavy atom. The van der Waals surface area contributed by atoms with Crippen LogP contribution >= 0.6 is 0 Å². The maximum Gasteiger partial charge on any atom is 0.257 e. The molecule has 2 aromatic carbocycles. The van der Waals surface area contributed by atoms with E-state index in [9.17, 15) is 9.90 Å². The van der Waals surface area contributed by atoms with Gasteiger partial charge in [0, 0.05) is 6.04 Å². The van der Waals surface area contributed by atoms with Crippen molar-refractivity contribution in [2.75, 3.05) is 0 Å². The molecule has 0 atom stereocenters. The van der Waals surface area contributed by atoms with E-state index in [4.69, 9.17) is 0 Å². The zero-order chi connectivity index (χ0) is 18.6. The fourth-order valence-electron chi connectivity index (χ4n) is 4.19. The summed E-state index contributed by atoms with van der Waals surface area (Å²) in [5.74, 6) is 0.220. The Balaban J connectivity index is 1.93. The summed E-state index contributed by atoms with van der Waals surface area (Å²) < 4.78 is 1.84. The van der Waals surface area contributed by atoms with Crippen molar-refractivity contribution in [2.45, 2.75) is 44.1 Å². The lowest BCUT2D eigenvalue weighted by Gasteiger charge is -2.29. The third kappa shape index (κ3) is 3.65. The molecule has 1 N–H and O–H groups in total. The first-order valence-corrected chi connectivity index (χ1v) is 9.66. The van der Waals surface area contributed by atoms with Crippen LogP contribution in [-0.2, 0) is 0 Å². The third-order valence-electron chi connectivity index (χ3n) is 5.43. The van der Waals surface area contributed by atoms with E-state index in [2.05, 4.69) is 29.2 Å². The highest BCUT2D eigenvalue weighted by atomic mass is 16.3. The van der Waals surface area contributed by atoms with Crippen LogP contribution in [0.5, 0.6) is 5.88 Å². The molecule has 0 radical (unpaired) electrons. The molecule has 27 heavy (non-hydrogen) atoms. The number of aromatic nitrogens is 2. The molecule has 4 heteroatoms. The molecule has 0 spiro atoms. The Bertz CT molecular complexity index is 906. The van der Waals surface area contributed by atoms with Gasteiger partial charge in [-0.25, -0.2) is 0 Å². The Hall–Kier alpha value is -2.88. The van der Waals surface area contributed by atoms with Gasteiger partial charge in [-0.1, -0.05) is 79.9 Å². The van der Waals surface area contributed by atoms with Crippen LogP contribution in [0.2, 0.25) is 0 Å². The molecule has 1 saturated carbocycles. The number of benzene rings is 2. The van der Waals surface area contributed by atoms with Crippen molar-refractivity contribution in [3.05, 3.63) is 94.0 Å². The number of hydrogen-bond acceptors (Lipinski definition) is 3. The molecule has 0 bridgehead atoms. The van der Waals surface area contributed by atoms with E-state index in [0.29, 0.717) is 5.82 Å². The highest BCUT2D eigenvalue weighted by molar-refractivity contribution is 5.39. The summed E-state index contributed by atoms with van der Waals surface area (Å²) in [6, 6.07) is 21.6. The van der Waals surface area contributed by atoms with Crippen molar-refractivity contribution in [3.8, 4) is 5.88 Å². The highest BCUT2D eigenvalue weighted by Crippen LogP contribution is 2.35. The predicted octanol–water partition coefficient (Wildman–Crippen LogP) is 4.63. The second kappa shape index (κ2) is 7.78. The molecule has 4 rings (SSSR count). The lowest BCUT2D eigenvalue weighted by Crippen LogP contribution is -2.31. The number of aromatic hydroxyl groups is 1. The monoisotopic (exact) mass is 360 g/mol. The smallest absolute Gasteiger partial charge is 0.257 e. The van der Waals surface area contributed by atoms with Gasteiger partial charge in [-0.05, 0) is 24.0 Å². The molecular weight excluding hydrogens is 336 g/mol. The third-order valence-corrected chi connectivity index (χ3v) is 5.43. The molecule has 1 fully saturated rings. The highest BCUT2D eigenvalue weighted by Gasteiger charge is 2.27. The fraction of sp³-hybridized carbons (Fsp3) is 0.304. The van der Waals surface area contributed by atoms with Crippen LogP contribution in [0.25, 0.3) is 0 Å². The summed E-state index contributed by atoms with van der Waals surface area (Å²) in [5.41, 5.74) is 1.96. The van der Waals surface area contributed by atoms with E-state index >= 15 is 0 Å². The van der Waals surface area contributed by atoms with Crippen molar-refractivity contribution in [1.29, 1.82) is 0 Å². The molecule has 3 aromatic rings. The zero-order valence-electron chi connectivity index (χ0n) is 15.3. The molecule has 4 nitrogen and oxygen atoms in total. The van der Waals surface area contributed by atoms with Gasteiger partial charge >= 0.3 is 0 Å². The Morgan fingerprint density at radius 1 is 0.889 bits per heavy atom. The molecular formula is C23H24N2O2. The van der Waals surface area contributed by atoms with Crippen molar-refractivity contribution in [2.24, 2.45) is 0 Å². The Labute approximate surface area is 159 Å². The summed E-state index contributed by atoms with van der Waals surface area (Å²) in [6.45, 7) is 0. The maximum atomic E-state index is 12.9. The maximum absolute atomic E-state index is 12.9. The van der Waals surface area contributed by atoms with Crippen molar-refractivity contribution >= 4 is 0 Å². The topological polar surface area (TPSA) is 55.1 Å². The SMILES string of the molecule is O=c1cc(O)nc(C(c2ccccc2)c2ccccc2)n1C1CCCCC1. The molecule has 1 aliphatic rings. The van der Waals surface area contributed by atoms with Gasteiger partial charge in [0.05, 0.1) is 12.0 Å². The zero-order valence-corrected chi connectivity index (χ0v) is 15.3. The van der Waals surface area contributed by atoms with E-state index in [0.717, 1.165) is 36.8 Å². The predicted molar refractivity (Wildman–Crippen MR) is 106 cm³/mol. The van der Waals surface area contributed by atoms with Gasteiger partial charge in [0.1, 0.15) is 5.82 Å². The number of rotatable bonds is 4. The molecule has 1 aliphatic carbocycles. The van der Waals surface area contributed by atoms with Gasteiger partial charge in [0.2, 0.25) is 5.88 Å². The first-order valence-electron chi connectivity index (χ1n) is 9.66. The van der Waals surface area contributed by atoms with Crippen LogP contribution in [0.15, 0.2) is 71.5 Å². The molecule has 0 amide bonds. The van der Waals surface area contributed by atoms with E-state index in [1.54, 1.807) is 0 Å². The van der Waals surface area contributed by atoms with Crippen LogP contribution in [0, 0.1) is 0 Å². The van der Waals surface area contributed by atoms with Gasteiger partial charge in [0.25, 0.3) is 5.56 Å². The summed E-state index contributed by atoms with van der Waals surface area (Å²) >= 11 is 0. The summed E-state index contributed by atoms with van der Waals surface area (Å²) in [5, 5.41) is 10.1. The van der Waals surface area contributed by atoms with E-state index in [-0.39, 0.29) is 23.4 Å². The normalized spacial score (nSPS) is 15.1. The number of hydrogen-bond donors (Lipinski definition) is 1. The van der Waals surface area contributed by atoms with Gasteiger partial charge in [-0.3, -0.25) is 9.36 Å². The standard InChI is InChI=1S/C23H24N2O2/c26-20-16-21(27)25(19-14-8-3-9-15-19)23(24-20)22(17-10-4-1-5-11-17)18-12-6-2-7-13-18/h1-2,4-7,10-13,16,19,22,26H,3,8-9,14-15H2. The molecule has 1 heterocycles. The van der Waals surface area contributed by atoms with Crippen LogP contribution in [0.3, 0.4) is 0 Å². The van der Waals surface area contributed by atoms with Crippen molar-refractivity contribution in [3.63, 3.8) is 0 Å². The van der Waals surface area contributed by atoms with E-state index in [1.807, 2.05) is 41.0 Å². The minimum absolute atomic E-state index is 0.143. The largest absolute Gasteiger partial charge is 0.493 e. The van der Waals surface area contributed by atoms with Gasteiger partial charge in [-0.2, -0.15) is 4.98 Å². The second-order valence-corrected chi connectivity index (χ2v) is 7.23. The van der Waals surface area contributed by atoms with Crippen molar-refractivity contribution in [1.82, 2.24) is 9.55 Å². The second-order valence-electron chi connectivity index (χ2n) is 7.23. The first kappa shape index (κ1) is 17.5. The lowest BCUT2D eigenvalue weighted by atomic mass is 9.89. The first-order chi connectivity index (χ1) is 13.2. The molecule has 138 valence electrons. The molecule has 1 aromatic heterocycles. The van der Waals surface area contributed by atoms with Gasteiger partial charge < -0.3 is 5.11 Å². The van der Waals surface area contributed by atoms with Gasteiger partial charge in [-0.15, -0.1) is 0 Å². The van der Waals surface area contributed by atoms with Crippen LogP contribution in [0.1, 0.15) is 61.0 Å². The Kier molecular flexibility index (Phi) is 5.05. The average Bonchev–Trinajstić information content (AvgIpc) is 2.70. The molecule has 0 aliphatic heterocycles. The minimum atomic E-state index is -0.209. The van der Waals surface area contributed by atoms with Crippen molar-refractivity contribution < 1.29 is 5.11 Å². The molecule has 0 unspecified atom stereocenters. The quantitative estimate of drug-likeness (QED) is 0.738. The van der Waals surface area contributed by atoms with Crippen LogP contribution in [0.4, 0.5) is 0 Å². The number of nitrogens with zero attached hydrogens (tertiary/aromatic N) is 2. The summed E-state index contributed by atoms with van der Waals surface area (Å²) in [6.07, 6.45) is 5.43. The lowest BCUT2D eigenvalue weighted by molar-refractivity contribution is 0.328. The summed E-state index contributed by atoms with van der Waals surface area (Å²) in [7, 11) is 0. The minimum Gasteiger partial charge on any atom is -0.493 e.